The monoisotopic (exact) mass is 382 g/mol. The molecule has 1 heterocycles. The van der Waals surface area contributed by atoms with E-state index in [1.165, 1.54) is 21.0 Å². The minimum absolute atomic E-state index is 0.256. The van der Waals surface area contributed by atoms with Crippen LogP contribution in [0.3, 0.4) is 0 Å². The van der Waals surface area contributed by atoms with Crippen LogP contribution in [0.2, 0.25) is 0 Å². The van der Waals surface area contributed by atoms with Gasteiger partial charge in [0.25, 0.3) is 0 Å². The summed E-state index contributed by atoms with van der Waals surface area (Å²) in [5, 5.41) is 0. The lowest BCUT2D eigenvalue weighted by molar-refractivity contribution is 0.299. The molecule has 0 amide bonds. The molecule has 0 saturated carbocycles. The Morgan fingerprint density at radius 1 is 1.00 bits per heavy atom. The molecule has 0 N–H and O–H groups in total. The molecule has 0 unspecified atom stereocenters. The third-order valence-corrected chi connectivity index (χ3v) is 6.10. The molecule has 0 aliphatic rings. The Balaban J connectivity index is 1.77. The Morgan fingerprint density at radius 3 is 2.20 bits per heavy atom. The molecule has 25 heavy (non-hydrogen) atoms. The Kier molecular flexibility index (Phi) is 7.13. The van der Waals surface area contributed by atoms with Crippen molar-refractivity contribution < 1.29 is 12.8 Å². The van der Waals surface area contributed by atoms with Crippen LogP contribution >= 0.6 is 11.8 Å². The van der Waals surface area contributed by atoms with Crippen molar-refractivity contribution >= 4 is 21.8 Å². The second kappa shape index (κ2) is 8.89. The molecule has 138 valence electrons. The number of furan rings is 1. The van der Waals surface area contributed by atoms with Gasteiger partial charge in [-0.25, -0.2) is 8.42 Å². The third-order valence-electron chi connectivity index (χ3n) is 3.85. The second-order valence-corrected chi connectivity index (χ2v) is 9.54. The maximum atomic E-state index is 11.4. The van der Waals surface area contributed by atoms with E-state index in [-0.39, 0.29) is 6.54 Å². The molecule has 2 rings (SSSR count). The summed E-state index contributed by atoms with van der Waals surface area (Å²) in [6.45, 7) is 3.99. The Hall–Kier alpha value is -1.28. The summed E-state index contributed by atoms with van der Waals surface area (Å²) in [7, 11) is 0.408. The van der Waals surface area contributed by atoms with Crippen molar-refractivity contribution in [2.45, 2.75) is 24.9 Å². The summed E-state index contributed by atoms with van der Waals surface area (Å²) in [5.41, 5.74) is 1.27. The molecular formula is C18H26N2O3S2. The van der Waals surface area contributed by atoms with E-state index in [0.29, 0.717) is 12.3 Å². The predicted octanol–water partition coefficient (Wildman–Crippen LogP) is 3.20. The van der Waals surface area contributed by atoms with Gasteiger partial charge in [0.2, 0.25) is 10.0 Å². The first-order valence-corrected chi connectivity index (χ1v) is 10.9. The lowest BCUT2D eigenvalue weighted by atomic mass is 10.2. The van der Waals surface area contributed by atoms with Crippen LogP contribution in [0, 0.1) is 6.92 Å². The van der Waals surface area contributed by atoms with Gasteiger partial charge in [0.05, 0.1) is 19.3 Å². The summed E-state index contributed by atoms with van der Waals surface area (Å²) in [6, 6.07) is 12.3. The fourth-order valence-electron chi connectivity index (χ4n) is 2.23. The lowest BCUT2D eigenvalue weighted by Crippen LogP contribution is -2.24. The summed E-state index contributed by atoms with van der Waals surface area (Å²) >= 11 is 1.84. The number of rotatable bonds is 9. The summed E-state index contributed by atoms with van der Waals surface area (Å²) in [5.74, 6) is 2.51. The zero-order valence-corrected chi connectivity index (χ0v) is 16.9. The number of hydrogen-bond donors (Lipinski definition) is 0. The summed E-state index contributed by atoms with van der Waals surface area (Å²) in [4.78, 5) is 3.48. The van der Waals surface area contributed by atoms with Crippen molar-refractivity contribution in [2.24, 2.45) is 0 Å². The van der Waals surface area contributed by atoms with E-state index >= 15 is 0 Å². The van der Waals surface area contributed by atoms with Gasteiger partial charge in [0.1, 0.15) is 11.5 Å². The first-order chi connectivity index (χ1) is 11.7. The maximum Gasteiger partial charge on any atom is 0.211 e. The Labute approximate surface area is 155 Å². The summed E-state index contributed by atoms with van der Waals surface area (Å²) in [6.07, 6.45) is 1.19. The molecule has 0 bridgehead atoms. The van der Waals surface area contributed by atoms with Gasteiger partial charge in [-0.05, 0) is 38.2 Å². The zero-order chi connectivity index (χ0) is 18.4. The topological polar surface area (TPSA) is 53.8 Å². The molecule has 0 saturated heterocycles. The van der Waals surface area contributed by atoms with Crippen molar-refractivity contribution in [2.75, 3.05) is 32.6 Å². The van der Waals surface area contributed by atoms with Crippen molar-refractivity contribution in [3.8, 4) is 0 Å². The number of aryl methyl sites for hydroxylation is 1. The van der Waals surface area contributed by atoms with E-state index < -0.39 is 10.0 Å². The first kappa shape index (κ1) is 20.0. The van der Waals surface area contributed by atoms with Crippen molar-refractivity contribution in [1.29, 1.82) is 0 Å². The van der Waals surface area contributed by atoms with Crippen LogP contribution in [-0.4, -0.2) is 50.3 Å². The molecule has 5 nitrogen and oxygen atoms in total. The van der Waals surface area contributed by atoms with E-state index in [9.17, 15) is 8.42 Å². The van der Waals surface area contributed by atoms with Gasteiger partial charge < -0.3 is 4.42 Å². The van der Waals surface area contributed by atoms with Crippen LogP contribution < -0.4 is 0 Å². The first-order valence-electron chi connectivity index (χ1n) is 8.11. The molecule has 0 spiro atoms. The highest BCUT2D eigenvalue weighted by Gasteiger charge is 2.14. The van der Waals surface area contributed by atoms with E-state index in [4.69, 9.17) is 4.42 Å². The van der Waals surface area contributed by atoms with Crippen molar-refractivity contribution in [1.82, 2.24) is 9.21 Å². The molecule has 1 aromatic carbocycles. The molecule has 0 fully saturated rings. The maximum absolute atomic E-state index is 11.4. The van der Waals surface area contributed by atoms with E-state index in [1.54, 1.807) is 7.05 Å². The van der Waals surface area contributed by atoms with Crippen LogP contribution in [0.5, 0.6) is 0 Å². The Morgan fingerprint density at radius 2 is 1.60 bits per heavy atom. The SMILES string of the molecule is Cc1ccc(SCCN(C)Cc2ccc(CN(C)S(C)(=O)=O)o2)cc1. The fourth-order valence-corrected chi connectivity index (χ4v) is 3.56. The van der Waals surface area contributed by atoms with Crippen molar-refractivity contribution in [3.05, 3.63) is 53.5 Å². The van der Waals surface area contributed by atoms with Gasteiger partial charge >= 0.3 is 0 Å². The molecule has 1 aromatic heterocycles. The minimum Gasteiger partial charge on any atom is -0.463 e. The largest absolute Gasteiger partial charge is 0.463 e. The van der Waals surface area contributed by atoms with E-state index in [1.807, 2.05) is 23.9 Å². The molecule has 0 aliphatic heterocycles. The van der Waals surface area contributed by atoms with Crippen molar-refractivity contribution in [3.63, 3.8) is 0 Å². The van der Waals surface area contributed by atoms with Gasteiger partial charge in [-0.2, -0.15) is 4.31 Å². The van der Waals surface area contributed by atoms with Crippen LogP contribution in [0.4, 0.5) is 0 Å². The minimum atomic E-state index is -3.20. The van der Waals surface area contributed by atoms with Crippen LogP contribution in [-0.2, 0) is 23.1 Å². The molecule has 0 aliphatic carbocycles. The third kappa shape index (κ3) is 6.86. The quantitative estimate of drug-likeness (QED) is 0.624. The average molecular weight is 383 g/mol. The second-order valence-electron chi connectivity index (χ2n) is 6.29. The van der Waals surface area contributed by atoms with E-state index in [0.717, 1.165) is 18.1 Å². The van der Waals surface area contributed by atoms with Gasteiger partial charge in [-0.3, -0.25) is 4.90 Å². The smallest absolute Gasteiger partial charge is 0.211 e. The normalized spacial score (nSPS) is 12.2. The highest BCUT2D eigenvalue weighted by atomic mass is 32.2. The molecule has 0 atom stereocenters. The van der Waals surface area contributed by atoms with Crippen LogP contribution in [0.25, 0.3) is 0 Å². The van der Waals surface area contributed by atoms with Gasteiger partial charge in [0.15, 0.2) is 0 Å². The number of hydrogen-bond acceptors (Lipinski definition) is 5. The van der Waals surface area contributed by atoms with Gasteiger partial charge in [0, 0.05) is 24.2 Å². The highest BCUT2D eigenvalue weighted by Crippen LogP contribution is 2.19. The molecule has 0 radical (unpaired) electrons. The lowest BCUT2D eigenvalue weighted by Gasteiger charge is -2.15. The average Bonchev–Trinajstić information content (AvgIpc) is 2.95. The van der Waals surface area contributed by atoms with Gasteiger partial charge in [-0.15, -0.1) is 11.8 Å². The van der Waals surface area contributed by atoms with Crippen LogP contribution in [0.15, 0.2) is 45.7 Å². The van der Waals surface area contributed by atoms with Crippen LogP contribution in [0.1, 0.15) is 17.1 Å². The van der Waals surface area contributed by atoms with Gasteiger partial charge in [-0.1, -0.05) is 17.7 Å². The number of benzene rings is 1. The fraction of sp³-hybridized carbons (Fsp3) is 0.444. The highest BCUT2D eigenvalue weighted by molar-refractivity contribution is 7.99. The number of nitrogens with zero attached hydrogens (tertiary/aromatic N) is 2. The zero-order valence-electron chi connectivity index (χ0n) is 15.2. The molecule has 2 aromatic rings. The Bertz CT molecular complexity index is 770. The summed E-state index contributed by atoms with van der Waals surface area (Å²) < 4.78 is 29.9. The molecular weight excluding hydrogens is 356 g/mol. The number of sulfonamides is 1. The standard InChI is InChI=1S/C18H26N2O3S2/c1-15-5-9-18(10-6-15)24-12-11-19(2)13-16-7-8-17(23-16)14-20(3)25(4,21)22/h5-10H,11-14H2,1-4H3. The molecule has 7 heteroatoms. The number of thioether (sulfide) groups is 1. The predicted molar refractivity (Wildman–Crippen MR) is 103 cm³/mol. The van der Waals surface area contributed by atoms with E-state index in [2.05, 4.69) is 43.1 Å².